The number of pyridine rings is 1. The van der Waals surface area contributed by atoms with Crippen LogP contribution in [0.1, 0.15) is 59.3 Å². The molecule has 0 aliphatic heterocycles. The van der Waals surface area contributed by atoms with Crippen molar-refractivity contribution >= 4 is 11.6 Å². The Morgan fingerprint density at radius 2 is 2.04 bits per heavy atom. The number of nitrogens with zero attached hydrogens (tertiary/aromatic N) is 1. The summed E-state index contributed by atoms with van der Waals surface area (Å²) in [4.78, 5) is 29.4. The van der Waals surface area contributed by atoms with Crippen molar-refractivity contribution in [2.45, 2.75) is 38.6 Å². The lowest BCUT2D eigenvalue weighted by molar-refractivity contribution is 0.102. The predicted molar refractivity (Wildman–Crippen MR) is 100 cm³/mol. The van der Waals surface area contributed by atoms with Crippen LogP contribution in [0.5, 0.6) is 0 Å². The van der Waals surface area contributed by atoms with Gasteiger partial charge in [0, 0.05) is 17.9 Å². The van der Waals surface area contributed by atoms with Crippen molar-refractivity contribution in [3.8, 4) is 0 Å². The van der Waals surface area contributed by atoms with E-state index < -0.39 is 0 Å². The Bertz CT molecular complexity index is 852. The Labute approximate surface area is 148 Å². The highest BCUT2D eigenvalue weighted by atomic mass is 16.2. The molecule has 5 heteroatoms. The van der Waals surface area contributed by atoms with Gasteiger partial charge in [-0.2, -0.15) is 0 Å². The van der Waals surface area contributed by atoms with Gasteiger partial charge >= 0.3 is 0 Å². The van der Waals surface area contributed by atoms with E-state index in [0.29, 0.717) is 6.04 Å². The number of H-pyrrole nitrogens is 1. The highest BCUT2D eigenvalue weighted by Gasteiger charge is 2.24. The lowest BCUT2D eigenvalue weighted by atomic mass is 10.0. The van der Waals surface area contributed by atoms with Crippen molar-refractivity contribution in [2.24, 2.45) is 0 Å². The number of carbonyl (C=O) groups is 1. The van der Waals surface area contributed by atoms with Crippen molar-refractivity contribution in [3.05, 3.63) is 63.1 Å². The first-order chi connectivity index (χ1) is 11.9. The Kier molecular flexibility index (Phi) is 4.77. The van der Waals surface area contributed by atoms with E-state index >= 15 is 0 Å². The molecule has 0 radical (unpaired) electrons. The van der Waals surface area contributed by atoms with E-state index in [1.54, 1.807) is 12.3 Å². The lowest BCUT2D eigenvalue weighted by Crippen LogP contribution is -2.23. The van der Waals surface area contributed by atoms with Crippen LogP contribution in [0.3, 0.4) is 0 Å². The zero-order valence-electron chi connectivity index (χ0n) is 15.2. The monoisotopic (exact) mass is 339 g/mol. The standard InChI is InChI=1S/C20H25N3O2/c1-12(2)14-10-17(19(24)21-11-14)20(25)22-15-6-7-16-13(9-15)5-8-18(16)23(3)4/h6-7,9-12,18H,5,8H2,1-4H3,(H,21,24)(H,22,25). The van der Waals surface area contributed by atoms with Crippen molar-refractivity contribution in [1.82, 2.24) is 9.88 Å². The summed E-state index contributed by atoms with van der Waals surface area (Å²) < 4.78 is 0. The molecular weight excluding hydrogens is 314 g/mol. The van der Waals surface area contributed by atoms with E-state index in [1.807, 2.05) is 26.0 Å². The number of carbonyl (C=O) groups excluding carboxylic acids is 1. The first kappa shape index (κ1) is 17.4. The average Bonchev–Trinajstić information content (AvgIpc) is 2.98. The average molecular weight is 339 g/mol. The second kappa shape index (κ2) is 6.84. The molecule has 25 heavy (non-hydrogen) atoms. The van der Waals surface area contributed by atoms with Crippen LogP contribution in [0.2, 0.25) is 0 Å². The summed E-state index contributed by atoms with van der Waals surface area (Å²) in [5, 5.41) is 2.87. The van der Waals surface area contributed by atoms with Crippen LogP contribution >= 0.6 is 0 Å². The first-order valence-electron chi connectivity index (χ1n) is 8.70. The van der Waals surface area contributed by atoms with Crippen LogP contribution in [0.15, 0.2) is 35.3 Å². The van der Waals surface area contributed by atoms with Crippen LogP contribution in [0.25, 0.3) is 0 Å². The minimum absolute atomic E-state index is 0.151. The maximum Gasteiger partial charge on any atom is 0.261 e. The number of benzene rings is 1. The predicted octanol–water partition coefficient (Wildman–Crippen LogP) is 3.30. The SMILES string of the molecule is CC(C)c1c[nH]c(=O)c(C(=O)Nc2ccc3c(c2)CCC3N(C)C)c1. The van der Waals surface area contributed by atoms with Gasteiger partial charge in [-0.25, -0.2) is 0 Å². The third kappa shape index (κ3) is 3.51. The Hall–Kier alpha value is -2.40. The lowest BCUT2D eigenvalue weighted by Gasteiger charge is -2.20. The molecule has 0 saturated carbocycles. The fraction of sp³-hybridized carbons (Fsp3) is 0.400. The fourth-order valence-corrected chi connectivity index (χ4v) is 3.41. The van der Waals surface area contributed by atoms with Crippen molar-refractivity contribution in [1.29, 1.82) is 0 Å². The van der Waals surface area contributed by atoms with Crippen LogP contribution < -0.4 is 10.9 Å². The topological polar surface area (TPSA) is 65.2 Å². The minimum atomic E-state index is -0.370. The summed E-state index contributed by atoms with van der Waals surface area (Å²) in [6.07, 6.45) is 3.77. The molecule has 1 aromatic heterocycles. The summed E-state index contributed by atoms with van der Waals surface area (Å²) in [5.74, 6) is -0.128. The zero-order valence-corrected chi connectivity index (χ0v) is 15.2. The molecule has 0 fully saturated rings. The molecule has 1 aliphatic carbocycles. The van der Waals surface area contributed by atoms with Crippen molar-refractivity contribution in [3.63, 3.8) is 0 Å². The van der Waals surface area contributed by atoms with Gasteiger partial charge in [0.1, 0.15) is 5.56 Å². The molecule has 1 unspecified atom stereocenters. The fourth-order valence-electron chi connectivity index (χ4n) is 3.41. The number of fused-ring (bicyclic) bond motifs is 1. The quantitative estimate of drug-likeness (QED) is 0.898. The van der Waals surface area contributed by atoms with Gasteiger partial charge in [0.15, 0.2) is 0 Å². The molecule has 1 aromatic carbocycles. The minimum Gasteiger partial charge on any atom is -0.328 e. The van der Waals surface area contributed by atoms with E-state index in [4.69, 9.17) is 0 Å². The molecule has 0 saturated heterocycles. The number of amides is 1. The smallest absolute Gasteiger partial charge is 0.261 e. The van der Waals surface area contributed by atoms with Gasteiger partial charge in [-0.05, 0) is 67.7 Å². The number of anilines is 1. The molecule has 1 amide bonds. The molecule has 2 N–H and O–H groups in total. The maximum atomic E-state index is 12.5. The molecule has 1 aliphatic rings. The second-order valence-electron chi connectivity index (χ2n) is 7.22. The van der Waals surface area contributed by atoms with E-state index in [9.17, 15) is 9.59 Å². The van der Waals surface area contributed by atoms with Gasteiger partial charge in [0.05, 0.1) is 0 Å². The van der Waals surface area contributed by atoms with Crippen LogP contribution in [0, 0.1) is 0 Å². The number of aromatic nitrogens is 1. The van der Waals surface area contributed by atoms with Crippen LogP contribution in [0.4, 0.5) is 5.69 Å². The van der Waals surface area contributed by atoms with E-state index in [2.05, 4.69) is 35.4 Å². The van der Waals surface area contributed by atoms with Crippen LogP contribution in [-0.4, -0.2) is 29.9 Å². The van der Waals surface area contributed by atoms with Gasteiger partial charge in [0.2, 0.25) is 0 Å². The Morgan fingerprint density at radius 1 is 1.28 bits per heavy atom. The van der Waals surface area contributed by atoms with Gasteiger partial charge < -0.3 is 15.2 Å². The normalized spacial score (nSPS) is 16.3. The summed E-state index contributed by atoms with van der Waals surface area (Å²) in [5.41, 5.74) is 4.04. The maximum absolute atomic E-state index is 12.5. The molecule has 5 nitrogen and oxygen atoms in total. The number of aromatic amines is 1. The second-order valence-corrected chi connectivity index (χ2v) is 7.22. The van der Waals surface area contributed by atoms with Gasteiger partial charge in [-0.15, -0.1) is 0 Å². The molecule has 0 bridgehead atoms. The Balaban J connectivity index is 1.83. The largest absolute Gasteiger partial charge is 0.328 e. The van der Waals surface area contributed by atoms with E-state index in [-0.39, 0.29) is 22.9 Å². The van der Waals surface area contributed by atoms with Gasteiger partial charge in [-0.1, -0.05) is 19.9 Å². The molecular formula is C20H25N3O2. The van der Waals surface area contributed by atoms with Crippen LogP contribution in [-0.2, 0) is 6.42 Å². The summed E-state index contributed by atoms with van der Waals surface area (Å²) in [6.45, 7) is 4.05. The third-order valence-electron chi connectivity index (χ3n) is 4.91. The number of hydrogen-bond acceptors (Lipinski definition) is 3. The summed E-state index contributed by atoms with van der Waals surface area (Å²) in [7, 11) is 4.17. The molecule has 0 spiro atoms. The summed E-state index contributed by atoms with van der Waals surface area (Å²) >= 11 is 0. The van der Waals surface area contributed by atoms with E-state index in [0.717, 1.165) is 24.1 Å². The number of aryl methyl sites for hydroxylation is 1. The molecule has 2 aromatic rings. The molecule has 1 heterocycles. The van der Waals surface area contributed by atoms with E-state index in [1.165, 1.54) is 11.1 Å². The van der Waals surface area contributed by atoms with Crippen molar-refractivity contribution in [2.75, 3.05) is 19.4 Å². The molecule has 3 rings (SSSR count). The zero-order chi connectivity index (χ0) is 18.1. The first-order valence-corrected chi connectivity index (χ1v) is 8.70. The van der Waals surface area contributed by atoms with Gasteiger partial charge in [0.25, 0.3) is 11.5 Å². The number of hydrogen-bond donors (Lipinski definition) is 2. The highest BCUT2D eigenvalue weighted by molar-refractivity contribution is 6.04. The van der Waals surface area contributed by atoms with Crippen molar-refractivity contribution < 1.29 is 4.79 Å². The number of rotatable bonds is 4. The number of nitrogens with one attached hydrogen (secondary N) is 2. The Morgan fingerprint density at radius 3 is 2.72 bits per heavy atom. The molecule has 1 atom stereocenters. The van der Waals surface area contributed by atoms with Gasteiger partial charge in [-0.3, -0.25) is 9.59 Å². The third-order valence-corrected chi connectivity index (χ3v) is 4.91. The molecule has 132 valence electrons. The summed E-state index contributed by atoms with van der Waals surface area (Å²) in [6, 6.07) is 8.13. The highest BCUT2D eigenvalue weighted by Crippen LogP contribution is 2.35.